The number of aryl methyl sites for hydroxylation is 1. The van der Waals surface area contributed by atoms with Crippen molar-refractivity contribution in [3.05, 3.63) is 63.7 Å². The maximum atomic E-state index is 13.2. The lowest BCUT2D eigenvalue weighted by atomic mass is 10.2. The molecule has 0 saturated carbocycles. The molecular weight excluding hydrogens is 249 g/mol. The van der Waals surface area contributed by atoms with Gasteiger partial charge in [-0.2, -0.15) is 0 Å². The zero-order valence-corrected chi connectivity index (χ0v) is 10.3. The Morgan fingerprint density at radius 3 is 2.84 bits per heavy atom. The van der Waals surface area contributed by atoms with E-state index in [1.165, 1.54) is 12.1 Å². The highest BCUT2D eigenvalue weighted by Crippen LogP contribution is 2.20. The second kappa shape index (κ2) is 5.43. The molecule has 0 aliphatic heterocycles. The highest BCUT2D eigenvalue weighted by molar-refractivity contribution is 5.51. The summed E-state index contributed by atoms with van der Waals surface area (Å²) in [6.45, 7) is 2.25. The molecular formula is C13H12FN3O2. The average molecular weight is 261 g/mol. The number of hydrogen-bond acceptors (Lipinski definition) is 4. The number of nitro groups is 1. The lowest BCUT2D eigenvalue weighted by Gasteiger charge is -2.06. The molecule has 1 aromatic heterocycles. The molecule has 0 amide bonds. The van der Waals surface area contributed by atoms with Crippen molar-refractivity contribution in [2.24, 2.45) is 0 Å². The van der Waals surface area contributed by atoms with E-state index in [0.717, 1.165) is 17.5 Å². The van der Waals surface area contributed by atoms with Gasteiger partial charge in [-0.1, -0.05) is 6.07 Å². The first kappa shape index (κ1) is 12.9. The lowest BCUT2D eigenvalue weighted by Crippen LogP contribution is -2.03. The fourth-order valence-corrected chi connectivity index (χ4v) is 1.67. The van der Waals surface area contributed by atoms with Crippen molar-refractivity contribution < 1.29 is 9.31 Å². The van der Waals surface area contributed by atoms with E-state index in [4.69, 9.17) is 0 Å². The first-order chi connectivity index (χ1) is 9.04. The molecule has 0 atom stereocenters. The minimum Gasteiger partial charge on any atom is -0.379 e. The predicted octanol–water partition coefficient (Wildman–Crippen LogP) is 3.05. The Balaban J connectivity index is 2.13. The van der Waals surface area contributed by atoms with E-state index >= 15 is 0 Å². The zero-order chi connectivity index (χ0) is 13.8. The molecule has 0 aliphatic carbocycles. The van der Waals surface area contributed by atoms with Crippen molar-refractivity contribution in [3.63, 3.8) is 0 Å². The Hall–Kier alpha value is -2.50. The van der Waals surface area contributed by atoms with E-state index in [2.05, 4.69) is 10.3 Å². The number of nitrogens with one attached hydrogen (secondary N) is 1. The number of aromatic nitrogens is 1. The smallest absolute Gasteiger partial charge is 0.274 e. The summed E-state index contributed by atoms with van der Waals surface area (Å²) in [4.78, 5) is 14.3. The van der Waals surface area contributed by atoms with Crippen molar-refractivity contribution in [2.45, 2.75) is 13.5 Å². The first-order valence-corrected chi connectivity index (χ1v) is 5.66. The Labute approximate surface area is 109 Å². The SMILES string of the molecule is Cc1cccc(CNc2cc(F)cc([N+](=O)[O-])c2)n1. The fourth-order valence-electron chi connectivity index (χ4n) is 1.67. The highest BCUT2D eigenvalue weighted by Gasteiger charge is 2.09. The van der Waals surface area contributed by atoms with Crippen LogP contribution in [0.15, 0.2) is 36.4 Å². The molecule has 2 rings (SSSR count). The van der Waals surface area contributed by atoms with Crippen molar-refractivity contribution in [2.75, 3.05) is 5.32 Å². The first-order valence-electron chi connectivity index (χ1n) is 5.66. The van der Waals surface area contributed by atoms with Crippen LogP contribution in [0.25, 0.3) is 0 Å². The Morgan fingerprint density at radius 2 is 2.16 bits per heavy atom. The number of halogens is 1. The minimum atomic E-state index is -0.645. The summed E-state index contributed by atoms with van der Waals surface area (Å²) in [5.41, 5.74) is 1.74. The van der Waals surface area contributed by atoms with E-state index in [1.807, 2.05) is 25.1 Å². The van der Waals surface area contributed by atoms with Gasteiger partial charge in [-0.25, -0.2) is 4.39 Å². The topological polar surface area (TPSA) is 68.1 Å². The molecule has 1 heterocycles. The summed E-state index contributed by atoms with van der Waals surface area (Å²) in [6.07, 6.45) is 0. The van der Waals surface area contributed by atoms with Gasteiger partial charge in [0.1, 0.15) is 5.82 Å². The molecule has 0 fully saturated rings. The zero-order valence-electron chi connectivity index (χ0n) is 10.3. The summed E-state index contributed by atoms with van der Waals surface area (Å²) >= 11 is 0. The molecule has 0 aliphatic rings. The molecule has 0 bridgehead atoms. The monoisotopic (exact) mass is 261 g/mol. The maximum Gasteiger partial charge on any atom is 0.274 e. The van der Waals surface area contributed by atoms with Crippen molar-refractivity contribution in [1.29, 1.82) is 0 Å². The highest BCUT2D eigenvalue weighted by atomic mass is 19.1. The number of anilines is 1. The van der Waals surface area contributed by atoms with Crippen LogP contribution in [0.2, 0.25) is 0 Å². The Kier molecular flexibility index (Phi) is 3.70. The minimum absolute atomic E-state index is 0.278. The number of benzene rings is 1. The Morgan fingerprint density at radius 1 is 1.37 bits per heavy atom. The molecule has 5 nitrogen and oxygen atoms in total. The molecule has 98 valence electrons. The number of non-ortho nitro benzene ring substituents is 1. The van der Waals surface area contributed by atoms with Gasteiger partial charge in [0.25, 0.3) is 5.69 Å². The largest absolute Gasteiger partial charge is 0.379 e. The third-order valence-electron chi connectivity index (χ3n) is 2.51. The van der Waals surface area contributed by atoms with Gasteiger partial charge in [0.05, 0.1) is 23.2 Å². The molecule has 0 radical (unpaired) electrons. The van der Waals surface area contributed by atoms with E-state index in [-0.39, 0.29) is 5.69 Å². The third kappa shape index (κ3) is 3.48. The summed E-state index contributed by atoms with van der Waals surface area (Å²) < 4.78 is 13.2. The molecule has 1 aromatic carbocycles. The second-order valence-corrected chi connectivity index (χ2v) is 4.08. The van der Waals surface area contributed by atoms with Gasteiger partial charge in [-0.3, -0.25) is 15.1 Å². The predicted molar refractivity (Wildman–Crippen MR) is 69.4 cm³/mol. The molecule has 0 spiro atoms. The fraction of sp³-hybridized carbons (Fsp3) is 0.154. The van der Waals surface area contributed by atoms with Crippen LogP contribution < -0.4 is 5.32 Å². The van der Waals surface area contributed by atoms with Crippen LogP contribution >= 0.6 is 0 Å². The summed E-state index contributed by atoms with van der Waals surface area (Å²) in [5.74, 6) is -0.645. The number of pyridine rings is 1. The molecule has 0 saturated heterocycles. The lowest BCUT2D eigenvalue weighted by molar-refractivity contribution is -0.385. The third-order valence-corrected chi connectivity index (χ3v) is 2.51. The van der Waals surface area contributed by atoms with Crippen LogP contribution in [0.3, 0.4) is 0 Å². The van der Waals surface area contributed by atoms with Gasteiger partial charge in [-0.15, -0.1) is 0 Å². The maximum absolute atomic E-state index is 13.2. The van der Waals surface area contributed by atoms with Crippen LogP contribution in [0.1, 0.15) is 11.4 Å². The van der Waals surface area contributed by atoms with Crippen LogP contribution in [0.4, 0.5) is 15.8 Å². The van der Waals surface area contributed by atoms with Crippen molar-refractivity contribution in [3.8, 4) is 0 Å². The van der Waals surface area contributed by atoms with E-state index in [9.17, 15) is 14.5 Å². The molecule has 19 heavy (non-hydrogen) atoms. The molecule has 6 heteroatoms. The number of nitro benzene ring substituents is 1. The normalized spacial score (nSPS) is 10.2. The van der Waals surface area contributed by atoms with Gasteiger partial charge in [0.2, 0.25) is 0 Å². The second-order valence-electron chi connectivity index (χ2n) is 4.08. The number of hydrogen-bond donors (Lipinski definition) is 1. The van der Waals surface area contributed by atoms with Crippen molar-refractivity contribution in [1.82, 2.24) is 4.98 Å². The number of rotatable bonds is 4. The van der Waals surface area contributed by atoms with E-state index in [1.54, 1.807) is 0 Å². The molecule has 1 N–H and O–H groups in total. The van der Waals surface area contributed by atoms with Gasteiger partial charge in [0, 0.05) is 17.4 Å². The van der Waals surface area contributed by atoms with Crippen LogP contribution in [0, 0.1) is 22.9 Å². The summed E-state index contributed by atoms with van der Waals surface area (Å²) in [5, 5.41) is 13.5. The van der Waals surface area contributed by atoms with E-state index < -0.39 is 10.7 Å². The van der Waals surface area contributed by atoms with Gasteiger partial charge in [0.15, 0.2) is 0 Å². The van der Waals surface area contributed by atoms with Gasteiger partial charge < -0.3 is 5.32 Å². The standard InChI is InChI=1S/C13H12FN3O2/c1-9-3-2-4-11(16-9)8-15-12-5-10(14)6-13(7-12)17(18)19/h2-7,15H,8H2,1H3. The number of nitrogens with zero attached hydrogens (tertiary/aromatic N) is 2. The van der Waals surface area contributed by atoms with Gasteiger partial charge >= 0.3 is 0 Å². The van der Waals surface area contributed by atoms with Crippen LogP contribution in [-0.2, 0) is 6.54 Å². The van der Waals surface area contributed by atoms with Crippen LogP contribution in [-0.4, -0.2) is 9.91 Å². The Bertz CT molecular complexity index is 617. The quantitative estimate of drug-likeness (QED) is 0.678. The van der Waals surface area contributed by atoms with Crippen LogP contribution in [0.5, 0.6) is 0 Å². The summed E-state index contributed by atoms with van der Waals surface area (Å²) in [6, 6.07) is 8.95. The van der Waals surface area contributed by atoms with Crippen molar-refractivity contribution >= 4 is 11.4 Å². The average Bonchev–Trinajstić information content (AvgIpc) is 2.36. The molecule has 0 unspecified atom stereocenters. The summed E-state index contributed by atoms with van der Waals surface area (Å²) in [7, 11) is 0. The molecule has 2 aromatic rings. The van der Waals surface area contributed by atoms with Gasteiger partial charge in [-0.05, 0) is 25.1 Å². The van der Waals surface area contributed by atoms with E-state index in [0.29, 0.717) is 12.2 Å².